The Morgan fingerprint density at radius 3 is 2.40 bits per heavy atom. The van der Waals surface area contributed by atoms with Gasteiger partial charge in [-0.2, -0.15) is 13.2 Å². The zero-order valence-corrected chi connectivity index (χ0v) is 12.8. The molecule has 0 aliphatic heterocycles. The Labute approximate surface area is 139 Å². The van der Waals surface area contributed by atoms with Crippen molar-refractivity contribution in [3.8, 4) is 0 Å². The van der Waals surface area contributed by atoms with Gasteiger partial charge in [0.05, 0.1) is 28.5 Å². The van der Waals surface area contributed by atoms with Crippen LogP contribution in [-0.4, -0.2) is 27.1 Å². The highest BCUT2D eigenvalue weighted by Crippen LogP contribution is 2.30. The molecule has 0 bridgehead atoms. The summed E-state index contributed by atoms with van der Waals surface area (Å²) in [6.45, 7) is 1.46. The number of carboxylic acid groups (broad SMARTS) is 1. The van der Waals surface area contributed by atoms with E-state index in [0.29, 0.717) is 12.1 Å². The zero-order valence-electron chi connectivity index (χ0n) is 12.8. The number of aromatic nitrogens is 1. The summed E-state index contributed by atoms with van der Waals surface area (Å²) in [7, 11) is 0. The van der Waals surface area contributed by atoms with E-state index in [-0.39, 0.29) is 11.5 Å². The fraction of sp³-hybridized carbons (Fsp3) is 0.188. The number of carboxylic acids is 1. The highest BCUT2D eigenvalue weighted by Gasteiger charge is 2.32. The lowest BCUT2D eigenvalue weighted by Crippen LogP contribution is -2.19. The molecule has 6 nitrogen and oxygen atoms in total. The largest absolute Gasteiger partial charge is 0.478 e. The standard InChI is InChI=1S/C16H13F3N2O4/c1-8(22)12-3-2-4-13(20-12)21-14(23)10-6-5-9(16(17,18)19)7-11(10)15(24)25/h2-8,22H,1H3,(H,24,25)(H,20,21,23). The molecule has 25 heavy (non-hydrogen) atoms. The lowest BCUT2D eigenvalue weighted by molar-refractivity contribution is -0.137. The van der Waals surface area contributed by atoms with Gasteiger partial charge in [0.25, 0.3) is 5.91 Å². The number of pyridine rings is 1. The number of hydrogen-bond donors (Lipinski definition) is 3. The normalized spacial score (nSPS) is 12.5. The van der Waals surface area contributed by atoms with Crippen LogP contribution in [0.2, 0.25) is 0 Å². The van der Waals surface area contributed by atoms with E-state index in [9.17, 15) is 27.9 Å². The second kappa shape index (κ2) is 6.89. The van der Waals surface area contributed by atoms with E-state index in [2.05, 4.69) is 10.3 Å². The molecule has 1 atom stereocenters. The minimum atomic E-state index is -4.73. The maximum absolute atomic E-state index is 12.7. The number of carbonyl (C=O) groups is 2. The van der Waals surface area contributed by atoms with E-state index >= 15 is 0 Å². The molecule has 3 N–H and O–H groups in total. The smallest absolute Gasteiger partial charge is 0.416 e. The van der Waals surface area contributed by atoms with E-state index < -0.39 is 40.8 Å². The van der Waals surface area contributed by atoms with E-state index in [1.54, 1.807) is 0 Å². The molecule has 0 radical (unpaired) electrons. The van der Waals surface area contributed by atoms with Crippen molar-refractivity contribution in [1.82, 2.24) is 4.98 Å². The molecule has 1 heterocycles. The first kappa shape index (κ1) is 18.4. The van der Waals surface area contributed by atoms with Gasteiger partial charge in [0.2, 0.25) is 0 Å². The number of benzene rings is 1. The number of rotatable bonds is 4. The molecule has 0 spiro atoms. The number of hydrogen-bond acceptors (Lipinski definition) is 4. The number of nitrogens with one attached hydrogen (secondary N) is 1. The molecule has 2 aromatic rings. The minimum Gasteiger partial charge on any atom is -0.478 e. The molecule has 1 aromatic carbocycles. The van der Waals surface area contributed by atoms with Crippen LogP contribution >= 0.6 is 0 Å². The number of aliphatic hydroxyl groups excluding tert-OH is 1. The predicted molar refractivity (Wildman–Crippen MR) is 81.2 cm³/mol. The monoisotopic (exact) mass is 354 g/mol. The average Bonchev–Trinajstić information content (AvgIpc) is 2.53. The van der Waals surface area contributed by atoms with Gasteiger partial charge in [0, 0.05) is 0 Å². The van der Waals surface area contributed by atoms with Crippen molar-refractivity contribution in [1.29, 1.82) is 0 Å². The van der Waals surface area contributed by atoms with E-state index in [1.165, 1.54) is 25.1 Å². The van der Waals surface area contributed by atoms with Crippen LogP contribution in [0.1, 0.15) is 45.0 Å². The molecule has 132 valence electrons. The topological polar surface area (TPSA) is 99.5 Å². The molecule has 9 heteroatoms. The Bertz CT molecular complexity index is 819. The lowest BCUT2D eigenvalue weighted by Gasteiger charge is -2.12. The molecule has 0 fully saturated rings. The Morgan fingerprint density at radius 1 is 1.16 bits per heavy atom. The van der Waals surface area contributed by atoms with Gasteiger partial charge < -0.3 is 15.5 Å². The molecule has 0 saturated carbocycles. The Kier molecular flexibility index (Phi) is 5.07. The zero-order chi connectivity index (χ0) is 18.8. The lowest BCUT2D eigenvalue weighted by atomic mass is 10.0. The number of halogens is 3. The van der Waals surface area contributed by atoms with Crippen LogP contribution in [0.25, 0.3) is 0 Å². The first-order valence-corrected chi connectivity index (χ1v) is 7.00. The number of amides is 1. The van der Waals surface area contributed by atoms with Crippen LogP contribution < -0.4 is 5.32 Å². The first-order valence-electron chi connectivity index (χ1n) is 7.00. The molecular weight excluding hydrogens is 341 g/mol. The summed E-state index contributed by atoms with van der Waals surface area (Å²) in [5.41, 5.74) is -2.12. The van der Waals surface area contributed by atoms with Crippen LogP contribution in [0.3, 0.4) is 0 Å². The van der Waals surface area contributed by atoms with Crippen LogP contribution in [0, 0.1) is 0 Å². The number of anilines is 1. The van der Waals surface area contributed by atoms with Gasteiger partial charge in [-0.15, -0.1) is 0 Å². The van der Waals surface area contributed by atoms with Gasteiger partial charge in [-0.1, -0.05) is 6.07 Å². The summed E-state index contributed by atoms with van der Waals surface area (Å²) in [5, 5.41) is 20.9. The molecular formula is C16H13F3N2O4. The maximum atomic E-state index is 12.7. The summed E-state index contributed by atoms with van der Waals surface area (Å²) in [4.78, 5) is 27.4. The van der Waals surface area contributed by atoms with Gasteiger partial charge in [-0.3, -0.25) is 4.79 Å². The second-order valence-corrected chi connectivity index (χ2v) is 5.14. The summed E-state index contributed by atoms with van der Waals surface area (Å²) < 4.78 is 38.1. The summed E-state index contributed by atoms with van der Waals surface area (Å²) in [5.74, 6) is -2.57. The van der Waals surface area contributed by atoms with Crippen molar-refractivity contribution in [3.63, 3.8) is 0 Å². The molecule has 2 rings (SSSR count). The number of nitrogens with zero attached hydrogens (tertiary/aromatic N) is 1. The average molecular weight is 354 g/mol. The fourth-order valence-corrected chi connectivity index (χ4v) is 2.03. The molecule has 0 aliphatic carbocycles. The van der Waals surface area contributed by atoms with E-state index in [0.717, 1.165) is 6.07 Å². The third kappa shape index (κ3) is 4.32. The number of alkyl halides is 3. The van der Waals surface area contributed by atoms with Gasteiger partial charge >= 0.3 is 12.1 Å². The van der Waals surface area contributed by atoms with Crippen molar-refractivity contribution in [3.05, 3.63) is 58.8 Å². The van der Waals surface area contributed by atoms with Crippen molar-refractivity contribution in [2.75, 3.05) is 5.32 Å². The van der Waals surface area contributed by atoms with Crippen molar-refractivity contribution >= 4 is 17.7 Å². The van der Waals surface area contributed by atoms with E-state index in [4.69, 9.17) is 5.11 Å². The highest BCUT2D eigenvalue weighted by atomic mass is 19.4. The van der Waals surface area contributed by atoms with Gasteiger partial charge in [-0.05, 0) is 37.3 Å². The van der Waals surface area contributed by atoms with E-state index in [1.807, 2.05) is 0 Å². The van der Waals surface area contributed by atoms with Crippen LogP contribution in [0.4, 0.5) is 19.0 Å². The van der Waals surface area contributed by atoms with Gasteiger partial charge in [-0.25, -0.2) is 9.78 Å². The molecule has 1 amide bonds. The third-order valence-corrected chi connectivity index (χ3v) is 3.26. The van der Waals surface area contributed by atoms with Crippen LogP contribution in [-0.2, 0) is 6.18 Å². The Hall–Kier alpha value is -2.94. The van der Waals surface area contributed by atoms with Gasteiger partial charge in [0.1, 0.15) is 5.82 Å². The summed E-state index contributed by atoms with van der Waals surface area (Å²) >= 11 is 0. The third-order valence-electron chi connectivity index (χ3n) is 3.26. The highest BCUT2D eigenvalue weighted by molar-refractivity contribution is 6.10. The van der Waals surface area contributed by atoms with Gasteiger partial charge in [0.15, 0.2) is 0 Å². The fourth-order valence-electron chi connectivity index (χ4n) is 2.03. The number of carbonyl (C=O) groups excluding carboxylic acids is 1. The van der Waals surface area contributed by atoms with Crippen molar-refractivity contribution < 1.29 is 33.0 Å². The second-order valence-electron chi connectivity index (χ2n) is 5.14. The number of aliphatic hydroxyl groups is 1. The first-order chi connectivity index (χ1) is 11.6. The summed E-state index contributed by atoms with van der Waals surface area (Å²) in [6, 6.07) is 6.24. The molecule has 0 saturated heterocycles. The van der Waals surface area contributed by atoms with Crippen molar-refractivity contribution in [2.45, 2.75) is 19.2 Å². The number of aromatic carboxylic acids is 1. The quantitative estimate of drug-likeness (QED) is 0.783. The van der Waals surface area contributed by atoms with Crippen LogP contribution in [0.5, 0.6) is 0 Å². The molecule has 1 unspecified atom stereocenters. The SMILES string of the molecule is CC(O)c1cccc(NC(=O)c2ccc(C(F)(F)F)cc2C(=O)O)n1. The predicted octanol–water partition coefficient (Wildman–Crippen LogP) is 3.10. The maximum Gasteiger partial charge on any atom is 0.416 e. The van der Waals surface area contributed by atoms with Crippen LogP contribution in [0.15, 0.2) is 36.4 Å². The Morgan fingerprint density at radius 2 is 1.84 bits per heavy atom. The minimum absolute atomic E-state index is 0.0274. The Balaban J connectivity index is 2.36. The molecule has 0 aliphatic rings. The molecule has 1 aromatic heterocycles. The van der Waals surface area contributed by atoms with Crippen molar-refractivity contribution in [2.24, 2.45) is 0 Å². The summed E-state index contributed by atoms with van der Waals surface area (Å²) in [6.07, 6.45) is -5.62.